The van der Waals surface area contributed by atoms with Gasteiger partial charge in [0, 0.05) is 21.2 Å². The predicted molar refractivity (Wildman–Crippen MR) is 75.9 cm³/mol. The maximum atomic E-state index is 11.5. The number of hydrogen-bond donors (Lipinski definition) is 1. The van der Waals surface area contributed by atoms with Crippen LogP contribution in [0.25, 0.3) is 10.1 Å². The number of anilines is 1. The number of benzene rings is 1. The average molecular weight is 263 g/mol. The van der Waals surface area contributed by atoms with Gasteiger partial charge in [0.05, 0.1) is 13.0 Å². The topological polar surface area (TPSA) is 52.3 Å². The molecule has 3 nitrogen and oxygen atoms in total. The minimum absolute atomic E-state index is 0.137. The summed E-state index contributed by atoms with van der Waals surface area (Å²) in [6, 6.07) is 8.00. The van der Waals surface area contributed by atoms with Crippen molar-refractivity contribution in [1.29, 1.82) is 0 Å². The Morgan fingerprint density at radius 3 is 2.94 bits per heavy atom. The molecule has 0 aliphatic rings. The largest absolute Gasteiger partial charge is 0.466 e. The first-order chi connectivity index (χ1) is 8.60. The zero-order chi connectivity index (χ0) is 13.1. The Kier molecular flexibility index (Phi) is 3.87. The first-order valence-electron chi connectivity index (χ1n) is 6.04. The number of rotatable bonds is 4. The van der Waals surface area contributed by atoms with E-state index in [1.54, 1.807) is 11.3 Å². The summed E-state index contributed by atoms with van der Waals surface area (Å²) in [5, 5.41) is 1.14. The maximum Gasteiger partial charge on any atom is 0.306 e. The van der Waals surface area contributed by atoms with E-state index in [0.29, 0.717) is 13.0 Å². The van der Waals surface area contributed by atoms with E-state index in [0.717, 1.165) is 11.1 Å². The third kappa shape index (κ3) is 2.82. The van der Waals surface area contributed by atoms with Crippen LogP contribution in [-0.2, 0) is 9.53 Å². The Bertz CT molecular complexity index is 562. The molecule has 2 rings (SSSR count). The van der Waals surface area contributed by atoms with Gasteiger partial charge in [0.2, 0.25) is 0 Å². The molecule has 0 saturated heterocycles. The number of carbonyl (C=O) groups is 1. The highest BCUT2D eigenvalue weighted by atomic mass is 32.1. The average Bonchev–Trinajstić information content (AvgIpc) is 2.72. The molecule has 1 aromatic carbocycles. The van der Waals surface area contributed by atoms with E-state index in [-0.39, 0.29) is 11.9 Å². The number of thiophene rings is 1. The highest BCUT2D eigenvalue weighted by molar-refractivity contribution is 7.19. The number of hydrogen-bond acceptors (Lipinski definition) is 4. The van der Waals surface area contributed by atoms with Crippen LogP contribution >= 0.6 is 11.3 Å². The number of nitrogens with two attached hydrogens (primary N) is 1. The third-order valence-electron chi connectivity index (χ3n) is 2.82. The summed E-state index contributed by atoms with van der Waals surface area (Å²) in [7, 11) is 0. The number of esters is 1. The molecule has 1 heterocycles. The van der Waals surface area contributed by atoms with Gasteiger partial charge < -0.3 is 10.5 Å². The van der Waals surface area contributed by atoms with Gasteiger partial charge in [-0.25, -0.2) is 0 Å². The molecule has 18 heavy (non-hydrogen) atoms. The van der Waals surface area contributed by atoms with Crippen molar-refractivity contribution in [1.82, 2.24) is 0 Å². The summed E-state index contributed by atoms with van der Waals surface area (Å²) in [4.78, 5) is 12.7. The highest BCUT2D eigenvalue weighted by Crippen LogP contribution is 2.33. The molecule has 0 radical (unpaired) electrons. The highest BCUT2D eigenvalue weighted by Gasteiger charge is 2.14. The summed E-state index contributed by atoms with van der Waals surface area (Å²) < 4.78 is 6.18. The molecule has 0 fully saturated rings. The minimum atomic E-state index is -0.137. The van der Waals surface area contributed by atoms with Crippen LogP contribution in [0.2, 0.25) is 0 Å². The lowest BCUT2D eigenvalue weighted by Gasteiger charge is -2.07. The summed E-state index contributed by atoms with van der Waals surface area (Å²) >= 11 is 1.71. The van der Waals surface area contributed by atoms with Gasteiger partial charge >= 0.3 is 5.97 Å². The molecule has 0 saturated carbocycles. The molecule has 0 amide bonds. The fraction of sp³-hybridized carbons (Fsp3) is 0.357. The lowest BCUT2D eigenvalue weighted by atomic mass is 10.1. The maximum absolute atomic E-state index is 11.5. The van der Waals surface area contributed by atoms with Gasteiger partial charge in [0.15, 0.2) is 0 Å². The Balaban J connectivity index is 2.17. The van der Waals surface area contributed by atoms with Crippen molar-refractivity contribution >= 4 is 33.1 Å². The Morgan fingerprint density at radius 1 is 1.44 bits per heavy atom. The summed E-state index contributed by atoms with van der Waals surface area (Å²) in [5.41, 5.74) is 6.53. The van der Waals surface area contributed by atoms with Crippen molar-refractivity contribution in [3.8, 4) is 0 Å². The van der Waals surface area contributed by atoms with E-state index in [2.05, 4.69) is 6.07 Å². The minimum Gasteiger partial charge on any atom is -0.466 e. The molecule has 0 unspecified atom stereocenters. The molecule has 1 aromatic heterocycles. The molecule has 0 bridgehead atoms. The number of carbonyl (C=O) groups excluding carboxylic acids is 1. The quantitative estimate of drug-likeness (QED) is 0.678. The standard InChI is InChI=1S/C14H17NO2S/c1-3-17-14(16)6-9(2)13-8-10-7-11(15)4-5-12(10)18-13/h4-5,7-9H,3,6,15H2,1-2H3/t9-/m0/s1. The zero-order valence-electron chi connectivity index (χ0n) is 10.6. The van der Waals surface area contributed by atoms with Gasteiger partial charge in [0.1, 0.15) is 0 Å². The Labute approximate surface area is 111 Å². The van der Waals surface area contributed by atoms with Crippen LogP contribution in [0.4, 0.5) is 5.69 Å². The molecule has 4 heteroatoms. The van der Waals surface area contributed by atoms with Gasteiger partial charge in [0.25, 0.3) is 0 Å². The molecular weight excluding hydrogens is 246 g/mol. The third-order valence-corrected chi connectivity index (χ3v) is 4.17. The SMILES string of the molecule is CCOC(=O)C[C@H](C)c1cc2cc(N)ccc2s1. The molecule has 0 aliphatic carbocycles. The summed E-state index contributed by atoms with van der Waals surface area (Å²) in [5.74, 6) is 0.0460. The van der Waals surface area contributed by atoms with Crippen LogP contribution in [0.5, 0.6) is 0 Å². The van der Waals surface area contributed by atoms with E-state index >= 15 is 0 Å². The lowest BCUT2D eigenvalue weighted by molar-refractivity contribution is -0.143. The van der Waals surface area contributed by atoms with E-state index in [9.17, 15) is 4.79 Å². The second-order valence-corrected chi connectivity index (χ2v) is 5.47. The second kappa shape index (κ2) is 5.40. The van der Waals surface area contributed by atoms with Gasteiger partial charge in [-0.05, 0) is 36.6 Å². The van der Waals surface area contributed by atoms with Crippen molar-refractivity contribution < 1.29 is 9.53 Å². The van der Waals surface area contributed by atoms with Gasteiger partial charge in [-0.3, -0.25) is 4.79 Å². The number of ether oxygens (including phenoxy) is 1. The fourth-order valence-corrected chi connectivity index (χ4v) is 2.99. The number of fused-ring (bicyclic) bond motifs is 1. The van der Waals surface area contributed by atoms with Crippen LogP contribution in [0, 0.1) is 0 Å². The number of nitrogen functional groups attached to an aromatic ring is 1. The van der Waals surface area contributed by atoms with Gasteiger partial charge in [-0.2, -0.15) is 0 Å². The van der Waals surface area contributed by atoms with Crippen LogP contribution in [0.1, 0.15) is 31.1 Å². The van der Waals surface area contributed by atoms with E-state index in [4.69, 9.17) is 10.5 Å². The second-order valence-electron chi connectivity index (χ2n) is 4.36. The van der Waals surface area contributed by atoms with E-state index in [1.807, 2.05) is 32.0 Å². The molecule has 0 spiro atoms. The molecular formula is C14H17NO2S. The van der Waals surface area contributed by atoms with Crippen LogP contribution < -0.4 is 5.73 Å². The molecule has 96 valence electrons. The molecule has 2 aromatic rings. The van der Waals surface area contributed by atoms with Crippen LogP contribution in [0.15, 0.2) is 24.3 Å². The van der Waals surface area contributed by atoms with Gasteiger partial charge in [-0.15, -0.1) is 11.3 Å². The summed E-state index contributed by atoms with van der Waals surface area (Å²) in [6.45, 7) is 4.31. The Morgan fingerprint density at radius 2 is 2.22 bits per heavy atom. The first kappa shape index (κ1) is 12.9. The van der Waals surface area contributed by atoms with Crippen LogP contribution in [0.3, 0.4) is 0 Å². The smallest absolute Gasteiger partial charge is 0.306 e. The first-order valence-corrected chi connectivity index (χ1v) is 6.86. The van der Waals surface area contributed by atoms with Crippen molar-refractivity contribution in [2.24, 2.45) is 0 Å². The Hall–Kier alpha value is -1.55. The molecule has 2 N–H and O–H groups in total. The van der Waals surface area contributed by atoms with Gasteiger partial charge in [-0.1, -0.05) is 6.92 Å². The van der Waals surface area contributed by atoms with E-state index < -0.39 is 0 Å². The molecule has 0 aliphatic heterocycles. The normalized spacial score (nSPS) is 12.6. The van der Waals surface area contributed by atoms with Crippen molar-refractivity contribution in [3.63, 3.8) is 0 Å². The van der Waals surface area contributed by atoms with E-state index in [1.165, 1.54) is 9.58 Å². The predicted octanol–water partition coefficient (Wildman–Crippen LogP) is 3.54. The van der Waals surface area contributed by atoms with Crippen molar-refractivity contribution in [2.45, 2.75) is 26.2 Å². The monoisotopic (exact) mass is 263 g/mol. The zero-order valence-corrected chi connectivity index (χ0v) is 11.4. The van der Waals surface area contributed by atoms with Crippen LogP contribution in [-0.4, -0.2) is 12.6 Å². The van der Waals surface area contributed by atoms with Crippen molar-refractivity contribution in [3.05, 3.63) is 29.1 Å². The lowest BCUT2D eigenvalue weighted by Crippen LogP contribution is -2.07. The molecule has 1 atom stereocenters. The summed E-state index contributed by atoms with van der Waals surface area (Å²) in [6.07, 6.45) is 0.427. The van der Waals surface area contributed by atoms with Crippen molar-refractivity contribution in [2.75, 3.05) is 12.3 Å². The fourth-order valence-electron chi connectivity index (χ4n) is 1.90.